The van der Waals surface area contributed by atoms with Gasteiger partial charge >= 0.3 is 0 Å². The molecule has 0 fully saturated rings. The number of thiophene rings is 1. The predicted octanol–water partition coefficient (Wildman–Crippen LogP) is 5.87. The highest BCUT2D eigenvalue weighted by Gasteiger charge is 2.13. The molecule has 3 aromatic rings. The number of benzene rings is 1. The molecule has 0 amide bonds. The summed E-state index contributed by atoms with van der Waals surface area (Å²) in [5.74, 6) is 2.28. The van der Waals surface area contributed by atoms with Crippen LogP contribution >= 0.6 is 23.1 Å². The van der Waals surface area contributed by atoms with E-state index < -0.39 is 0 Å². The van der Waals surface area contributed by atoms with Gasteiger partial charge in [0.05, 0.1) is 0 Å². The van der Waals surface area contributed by atoms with Gasteiger partial charge in [0.25, 0.3) is 0 Å². The van der Waals surface area contributed by atoms with E-state index in [2.05, 4.69) is 65.6 Å². The minimum atomic E-state index is 1.09. The minimum absolute atomic E-state index is 1.09. The monoisotopic (exact) mass is 382 g/mol. The summed E-state index contributed by atoms with van der Waals surface area (Å²) in [6.07, 6.45) is 5.80. The molecule has 1 aliphatic rings. The van der Waals surface area contributed by atoms with E-state index in [9.17, 15) is 0 Å². The lowest BCUT2D eigenvalue weighted by Gasteiger charge is -2.25. The Morgan fingerprint density at radius 1 is 1.23 bits per heavy atom. The summed E-state index contributed by atoms with van der Waals surface area (Å²) in [6.45, 7) is 7.85. The van der Waals surface area contributed by atoms with Gasteiger partial charge in [-0.2, -0.15) is 11.8 Å². The summed E-state index contributed by atoms with van der Waals surface area (Å²) in [5, 5.41) is 3.56. The molecule has 0 atom stereocenters. The van der Waals surface area contributed by atoms with Crippen LogP contribution in [0.25, 0.3) is 16.5 Å². The molecule has 136 valence electrons. The van der Waals surface area contributed by atoms with Crippen LogP contribution in [0.2, 0.25) is 0 Å². The number of thioether (sulfide) groups is 1. The molecule has 0 spiro atoms. The zero-order valence-corrected chi connectivity index (χ0v) is 17.2. The number of nitrogens with one attached hydrogen (secondary N) is 1. The Kier molecular flexibility index (Phi) is 5.53. The molecule has 0 bridgehead atoms. The maximum atomic E-state index is 3.43. The maximum absolute atomic E-state index is 3.43. The Hall–Kier alpha value is -1.49. The summed E-state index contributed by atoms with van der Waals surface area (Å²) < 4.78 is 0. The van der Waals surface area contributed by atoms with Crippen molar-refractivity contribution in [2.75, 3.05) is 25.4 Å². The van der Waals surface area contributed by atoms with Crippen LogP contribution in [0.4, 0.5) is 0 Å². The van der Waals surface area contributed by atoms with E-state index in [0.717, 1.165) is 12.3 Å². The SMILES string of the molecule is Cc1cc2[nH]cc(CSCCN3CC=C(c4cccs4)CC3)c2cc1C. The second kappa shape index (κ2) is 8.03. The number of hydrogen-bond donors (Lipinski definition) is 1. The first-order chi connectivity index (χ1) is 12.7. The van der Waals surface area contributed by atoms with E-state index in [4.69, 9.17) is 0 Å². The molecule has 2 nitrogen and oxygen atoms in total. The summed E-state index contributed by atoms with van der Waals surface area (Å²) in [4.78, 5) is 7.46. The largest absolute Gasteiger partial charge is 0.361 e. The van der Waals surface area contributed by atoms with Gasteiger partial charge in [-0.3, -0.25) is 4.90 Å². The number of aryl methyl sites for hydroxylation is 2. The highest BCUT2D eigenvalue weighted by atomic mass is 32.2. The van der Waals surface area contributed by atoms with Crippen LogP contribution in [0.1, 0.15) is 28.0 Å². The van der Waals surface area contributed by atoms with Crippen molar-refractivity contribution in [3.63, 3.8) is 0 Å². The van der Waals surface area contributed by atoms with Gasteiger partial charge in [0, 0.05) is 53.1 Å². The highest BCUT2D eigenvalue weighted by Crippen LogP contribution is 2.27. The number of fused-ring (bicyclic) bond motifs is 1. The van der Waals surface area contributed by atoms with Crippen LogP contribution in [0.5, 0.6) is 0 Å². The highest BCUT2D eigenvalue weighted by molar-refractivity contribution is 7.98. The lowest BCUT2D eigenvalue weighted by molar-refractivity contribution is 0.321. The third-order valence-electron chi connectivity index (χ3n) is 5.32. The maximum Gasteiger partial charge on any atom is 0.0459 e. The van der Waals surface area contributed by atoms with Gasteiger partial charge < -0.3 is 4.98 Å². The topological polar surface area (TPSA) is 19.0 Å². The first-order valence-electron chi connectivity index (χ1n) is 9.31. The van der Waals surface area contributed by atoms with E-state index in [1.807, 2.05) is 23.1 Å². The van der Waals surface area contributed by atoms with Crippen LogP contribution in [0.15, 0.2) is 41.9 Å². The summed E-state index contributed by atoms with van der Waals surface area (Å²) >= 11 is 3.91. The fraction of sp³-hybridized carbons (Fsp3) is 0.364. The quantitative estimate of drug-likeness (QED) is 0.538. The van der Waals surface area contributed by atoms with E-state index in [0.29, 0.717) is 0 Å². The Bertz CT molecular complexity index is 906. The van der Waals surface area contributed by atoms with Crippen molar-refractivity contribution >= 4 is 39.6 Å². The fourth-order valence-corrected chi connectivity index (χ4v) is 5.33. The van der Waals surface area contributed by atoms with E-state index in [1.54, 1.807) is 0 Å². The van der Waals surface area contributed by atoms with Crippen LogP contribution in [-0.2, 0) is 5.75 Å². The molecule has 0 aliphatic carbocycles. The lowest BCUT2D eigenvalue weighted by atomic mass is 10.1. The first-order valence-corrected chi connectivity index (χ1v) is 11.3. The third kappa shape index (κ3) is 3.93. The number of aromatic amines is 1. The van der Waals surface area contributed by atoms with E-state index in [1.165, 1.54) is 63.3 Å². The summed E-state index contributed by atoms with van der Waals surface area (Å²) in [5.41, 5.74) is 6.98. The normalized spacial score (nSPS) is 15.5. The molecule has 2 aromatic heterocycles. The molecule has 1 N–H and O–H groups in total. The Morgan fingerprint density at radius 3 is 2.88 bits per heavy atom. The van der Waals surface area contributed by atoms with Crippen LogP contribution in [0, 0.1) is 13.8 Å². The smallest absolute Gasteiger partial charge is 0.0459 e. The second-order valence-electron chi connectivity index (χ2n) is 7.11. The zero-order chi connectivity index (χ0) is 17.9. The Morgan fingerprint density at radius 2 is 2.12 bits per heavy atom. The van der Waals surface area contributed by atoms with Crippen molar-refractivity contribution in [1.29, 1.82) is 0 Å². The first kappa shape index (κ1) is 17.9. The molecule has 1 aliphatic heterocycles. The van der Waals surface area contributed by atoms with Gasteiger partial charge in [-0.15, -0.1) is 11.3 Å². The van der Waals surface area contributed by atoms with Gasteiger partial charge in [-0.05, 0) is 66.1 Å². The van der Waals surface area contributed by atoms with Gasteiger partial charge in [0.15, 0.2) is 0 Å². The Labute approximate surface area is 164 Å². The van der Waals surface area contributed by atoms with Crippen molar-refractivity contribution in [2.45, 2.75) is 26.0 Å². The molecule has 0 saturated carbocycles. The number of hydrogen-bond acceptors (Lipinski definition) is 3. The molecular formula is C22H26N2S2. The zero-order valence-electron chi connectivity index (χ0n) is 15.5. The standard InChI is InChI=1S/C22H26N2S2/c1-16-12-20-19(14-23-21(20)13-17(16)2)15-25-11-9-24-7-5-18(6-8-24)22-4-3-10-26-22/h3-5,10,12-14,23H,6-9,11,15H2,1-2H3. The number of rotatable bonds is 6. The van der Waals surface area contributed by atoms with Crippen LogP contribution in [0.3, 0.4) is 0 Å². The summed E-state index contributed by atoms with van der Waals surface area (Å²) in [7, 11) is 0. The third-order valence-corrected chi connectivity index (χ3v) is 7.25. The fourth-order valence-electron chi connectivity index (χ4n) is 3.54. The number of nitrogens with zero attached hydrogens (tertiary/aromatic N) is 1. The van der Waals surface area contributed by atoms with Crippen molar-refractivity contribution in [3.8, 4) is 0 Å². The minimum Gasteiger partial charge on any atom is -0.361 e. The van der Waals surface area contributed by atoms with Gasteiger partial charge in [-0.1, -0.05) is 12.1 Å². The summed E-state index contributed by atoms with van der Waals surface area (Å²) in [6, 6.07) is 8.99. The number of aromatic nitrogens is 1. The molecule has 4 heteroatoms. The molecule has 0 unspecified atom stereocenters. The second-order valence-corrected chi connectivity index (χ2v) is 9.16. The van der Waals surface area contributed by atoms with Gasteiger partial charge in [0.2, 0.25) is 0 Å². The van der Waals surface area contributed by atoms with E-state index in [-0.39, 0.29) is 0 Å². The molecule has 3 heterocycles. The van der Waals surface area contributed by atoms with Crippen molar-refractivity contribution in [3.05, 3.63) is 63.5 Å². The van der Waals surface area contributed by atoms with Crippen LogP contribution in [-0.4, -0.2) is 35.3 Å². The average molecular weight is 383 g/mol. The molecule has 0 saturated heterocycles. The average Bonchev–Trinajstić information content (AvgIpc) is 3.31. The Balaban J connectivity index is 1.27. The molecular weight excluding hydrogens is 356 g/mol. The van der Waals surface area contributed by atoms with Crippen molar-refractivity contribution in [1.82, 2.24) is 9.88 Å². The molecule has 26 heavy (non-hydrogen) atoms. The van der Waals surface area contributed by atoms with Crippen molar-refractivity contribution in [2.24, 2.45) is 0 Å². The van der Waals surface area contributed by atoms with Crippen LogP contribution < -0.4 is 0 Å². The molecule has 4 rings (SSSR count). The molecule has 0 radical (unpaired) electrons. The molecule has 1 aromatic carbocycles. The van der Waals surface area contributed by atoms with Crippen molar-refractivity contribution < 1.29 is 0 Å². The predicted molar refractivity (Wildman–Crippen MR) is 117 cm³/mol. The van der Waals surface area contributed by atoms with E-state index >= 15 is 0 Å². The number of H-pyrrole nitrogens is 1. The van der Waals surface area contributed by atoms with Gasteiger partial charge in [-0.25, -0.2) is 0 Å². The van der Waals surface area contributed by atoms with Gasteiger partial charge in [0.1, 0.15) is 0 Å². The lowest BCUT2D eigenvalue weighted by Crippen LogP contribution is -2.30.